The highest BCUT2D eigenvalue weighted by atomic mass is 35.5. The monoisotopic (exact) mass is 217 g/mol. The van der Waals surface area contributed by atoms with Gasteiger partial charge in [0.2, 0.25) is 0 Å². The molecule has 0 aliphatic rings. The lowest BCUT2D eigenvalue weighted by Gasteiger charge is -1.88. The van der Waals surface area contributed by atoms with Gasteiger partial charge in [-0.15, -0.1) is 0 Å². The summed E-state index contributed by atoms with van der Waals surface area (Å²) in [7, 11) is 0. The van der Waals surface area contributed by atoms with Crippen LogP contribution in [0.5, 0.6) is 0 Å². The van der Waals surface area contributed by atoms with Crippen LogP contribution in [0.15, 0.2) is 24.3 Å². The van der Waals surface area contributed by atoms with E-state index in [2.05, 4.69) is 0 Å². The van der Waals surface area contributed by atoms with Crippen LogP contribution in [0.2, 0.25) is 5.02 Å². The van der Waals surface area contributed by atoms with Gasteiger partial charge in [0.05, 0.1) is 4.92 Å². The van der Waals surface area contributed by atoms with Gasteiger partial charge in [-0.05, 0) is 12.1 Å². The molecule has 0 N–H and O–H groups in total. The molecule has 0 bridgehead atoms. The SMILES string of the molecule is F.F.F.O=[N+]([O-])c1ccc(Cl)cc1. The van der Waals surface area contributed by atoms with Crippen LogP contribution in [0.3, 0.4) is 0 Å². The molecule has 1 rings (SSSR count). The minimum Gasteiger partial charge on any atom is -0.269 e. The fraction of sp³-hybridized carbons (Fsp3) is 0. The maximum absolute atomic E-state index is 10.1. The molecule has 0 aliphatic carbocycles. The second kappa shape index (κ2) is 7.35. The number of benzene rings is 1. The predicted octanol–water partition coefficient (Wildman–Crippen LogP) is 2.71. The molecule has 0 fully saturated rings. The molecule has 1 aromatic rings. The van der Waals surface area contributed by atoms with Crippen molar-refractivity contribution in [1.29, 1.82) is 0 Å². The lowest BCUT2D eigenvalue weighted by atomic mass is 10.3. The zero-order chi connectivity index (χ0) is 7.56. The quantitative estimate of drug-likeness (QED) is 0.536. The molecule has 0 amide bonds. The molecule has 0 saturated carbocycles. The number of hydrogen-bond acceptors (Lipinski definition) is 2. The number of nitrogens with zero attached hydrogens (tertiary/aromatic N) is 1. The molecule has 76 valence electrons. The summed E-state index contributed by atoms with van der Waals surface area (Å²) in [6.45, 7) is 0. The maximum Gasteiger partial charge on any atom is 0.269 e. The van der Waals surface area contributed by atoms with Crippen molar-refractivity contribution < 1.29 is 19.0 Å². The van der Waals surface area contributed by atoms with Gasteiger partial charge in [0.15, 0.2) is 0 Å². The molecule has 0 atom stereocenters. The third-order valence-electron chi connectivity index (χ3n) is 1.04. The number of halogens is 4. The van der Waals surface area contributed by atoms with E-state index in [9.17, 15) is 10.1 Å². The summed E-state index contributed by atoms with van der Waals surface area (Å²) < 4.78 is 0. The molecule has 0 heterocycles. The molecule has 0 radical (unpaired) electrons. The van der Waals surface area contributed by atoms with E-state index in [-0.39, 0.29) is 19.8 Å². The van der Waals surface area contributed by atoms with Crippen molar-refractivity contribution in [2.24, 2.45) is 0 Å². The van der Waals surface area contributed by atoms with E-state index < -0.39 is 4.92 Å². The smallest absolute Gasteiger partial charge is 0.269 e. The van der Waals surface area contributed by atoms with Gasteiger partial charge in [-0.2, -0.15) is 0 Å². The Balaban J connectivity index is -0.000000333. The summed E-state index contributed by atoms with van der Waals surface area (Å²) in [4.78, 5) is 9.61. The minimum atomic E-state index is -0.462. The first-order valence-corrected chi connectivity index (χ1v) is 2.98. The molecule has 0 aliphatic heterocycles. The Morgan fingerprint density at radius 3 is 1.77 bits per heavy atom. The molecule has 0 spiro atoms. The Kier molecular flexibility index (Phi) is 10.0. The Morgan fingerprint density at radius 1 is 1.08 bits per heavy atom. The lowest BCUT2D eigenvalue weighted by Crippen LogP contribution is -1.85. The summed E-state index contributed by atoms with van der Waals surface area (Å²) in [6.07, 6.45) is 0. The van der Waals surface area contributed by atoms with E-state index in [0.717, 1.165) is 0 Å². The van der Waals surface area contributed by atoms with Crippen molar-refractivity contribution in [2.45, 2.75) is 0 Å². The lowest BCUT2D eigenvalue weighted by molar-refractivity contribution is -0.384. The highest BCUT2D eigenvalue weighted by molar-refractivity contribution is 6.30. The van der Waals surface area contributed by atoms with Gasteiger partial charge in [-0.3, -0.25) is 24.2 Å². The standard InChI is InChI=1S/C6H4ClNO2.3FH/c7-5-1-3-6(4-2-5)8(9)10;;;/h1-4H;3*1H. The Morgan fingerprint density at radius 2 is 1.46 bits per heavy atom. The highest BCUT2D eigenvalue weighted by Crippen LogP contribution is 2.14. The predicted molar refractivity (Wildman–Crippen MR) is 45.6 cm³/mol. The molecule has 0 aromatic heterocycles. The second-order valence-corrected chi connectivity index (χ2v) is 2.17. The molecule has 0 saturated heterocycles. The van der Waals surface area contributed by atoms with E-state index in [1.54, 1.807) is 0 Å². The van der Waals surface area contributed by atoms with Gasteiger partial charge in [-0.25, -0.2) is 0 Å². The van der Waals surface area contributed by atoms with E-state index >= 15 is 0 Å². The summed E-state index contributed by atoms with van der Waals surface area (Å²) in [5.74, 6) is 0. The second-order valence-electron chi connectivity index (χ2n) is 1.73. The topological polar surface area (TPSA) is 43.1 Å². The van der Waals surface area contributed by atoms with Crippen LogP contribution < -0.4 is 0 Å². The zero-order valence-electron chi connectivity index (χ0n) is 6.18. The van der Waals surface area contributed by atoms with Gasteiger partial charge >= 0.3 is 0 Å². The van der Waals surface area contributed by atoms with Gasteiger partial charge in [0, 0.05) is 17.2 Å². The van der Waals surface area contributed by atoms with Crippen molar-refractivity contribution in [3.05, 3.63) is 39.4 Å². The molecule has 0 unspecified atom stereocenters. The highest BCUT2D eigenvalue weighted by Gasteiger charge is 2.01. The molecule has 1 aromatic carbocycles. The number of rotatable bonds is 1. The molecule has 3 nitrogen and oxygen atoms in total. The fourth-order valence-corrected chi connectivity index (χ4v) is 0.689. The average Bonchev–Trinajstić information content (AvgIpc) is 1.88. The first-order chi connectivity index (χ1) is 4.70. The third-order valence-corrected chi connectivity index (χ3v) is 1.29. The fourth-order valence-electron chi connectivity index (χ4n) is 0.563. The van der Waals surface area contributed by atoms with E-state index in [1.807, 2.05) is 0 Å². The number of non-ortho nitro benzene ring substituents is 1. The van der Waals surface area contributed by atoms with Crippen molar-refractivity contribution in [1.82, 2.24) is 0 Å². The van der Waals surface area contributed by atoms with E-state index in [4.69, 9.17) is 11.6 Å². The first kappa shape index (κ1) is 17.7. The summed E-state index contributed by atoms with van der Waals surface area (Å²) in [6, 6.07) is 5.70. The Hall–Kier alpha value is -1.30. The van der Waals surface area contributed by atoms with Gasteiger partial charge < -0.3 is 0 Å². The molecule has 7 heteroatoms. The van der Waals surface area contributed by atoms with Crippen molar-refractivity contribution in [3.63, 3.8) is 0 Å². The number of hydrogen-bond donors (Lipinski definition) is 0. The van der Waals surface area contributed by atoms with Gasteiger partial charge in [-0.1, -0.05) is 11.6 Å². The summed E-state index contributed by atoms with van der Waals surface area (Å²) >= 11 is 5.49. The van der Waals surface area contributed by atoms with Crippen molar-refractivity contribution in [2.75, 3.05) is 0 Å². The van der Waals surface area contributed by atoms with Crippen LogP contribution in [0.25, 0.3) is 0 Å². The average molecular weight is 218 g/mol. The largest absolute Gasteiger partial charge is 0.269 e. The molecular weight excluding hydrogens is 211 g/mol. The van der Waals surface area contributed by atoms with E-state index in [0.29, 0.717) is 5.02 Å². The van der Waals surface area contributed by atoms with Crippen molar-refractivity contribution in [3.8, 4) is 0 Å². The molecular formula is C6H7ClF3NO2. The van der Waals surface area contributed by atoms with Crippen LogP contribution in [-0.4, -0.2) is 4.92 Å². The van der Waals surface area contributed by atoms with Gasteiger partial charge in [0.1, 0.15) is 0 Å². The third kappa shape index (κ3) is 5.02. The Bertz CT molecular complexity index is 255. The normalized spacial score (nSPS) is 7.15. The van der Waals surface area contributed by atoms with Crippen LogP contribution in [0, 0.1) is 10.1 Å². The van der Waals surface area contributed by atoms with Crippen LogP contribution >= 0.6 is 11.6 Å². The van der Waals surface area contributed by atoms with Crippen LogP contribution in [-0.2, 0) is 0 Å². The van der Waals surface area contributed by atoms with Crippen LogP contribution in [0.1, 0.15) is 0 Å². The minimum absolute atomic E-state index is 0. The summed E-state index contributed by atoms with van der Waals surface area (Å²) in [5.41, 5.74) is 0.0596. The maximum atomic E-state index is 10.1. The van der Waals surface area contributed by atoms with Crippen molar-refractivity contribution >= 4 is 17.3 Å². The van der Waals surface area contributed by atoms with E-state index in [1.165, 1.54) is 24.3 Å². The summed E-state index contributed by atoms with van der Waals surface area (Å²) in [5, 5.41) is 10.6. The number of nitro benzene ring substituents is 1. The van der Waals surface area contributed by atoms with Gasteiger partial charge in [0.25, 0.3) is 5.69 Å². The zero-order valence-corrected chi connectivity index (χ0v) is 6.93. The van der Waals surface area contributed by atoms with Crippen LogP contribution in [0.4, 0.5) is 19.8 Å². The number of nitro groups is 1. The first-order valence-electron chi connectivity index (χ1n) is 2.60. The molecule has 13 heavy (non-hydrogen) atoms. The Labute approximate surface area is 76.6 Å².